The first-order chi connectivity index (χ1) is 17.3. The Morgan fingerprint density at radius 2 is 1.84 bits per heavy atom. The number of fused-ring (bicyclic) bond motifs is 1. The molecule has 194 valence electrons. The second kappa shape index (κ2) is 9.91. The van der Waals surface area contributed by atoms with Gasteiger partial charge in [-0.1, -0.05) is 12.1 Å². The molecule has 1 aliphatic heterocycles. The highest BCUT2D eigenvalue weighted by Gasteiger charge is 2.44. The van der Waals surface area contributed by atoms with Crippen LogP contribution in [0.3, 0.4) is 0 Å². The highest BCUT2D eigenvalue weighted by Crippen LogP contribution is 2.43. The fourth-order valence-corrected chi connectivity index (χ4v) is 5.61. The number of anilines is 5. The summed E-state index contributed by atoms with van der Waals surface area (Å²) in [5.74, 6) is 0.597. The van der Waals surface area contributed by atoms with Crippen LogP contribution < -0.4 is 20.8 Å². The molecule has 9 nitrogen and oxygen atoms in total. The van der Waals surface area contributed by atoms with E-state index in [1.54, 1.807) is 33.6 Å². The van der Waals surface area contributed by atoms with Crippen molar-refractivity contribution in [1.29, 1.82) is 0 Å². The lowest BCUT2D eigenvalue weighted by Gasteiger charge is -2.21. The number of aromatic nitrogens is 2. The van der Waals surface area contributed by atoms with Gasteiger partial charge >= 0.3 is 0 Å². The number of carbonyl (C=O) groups excluding carboxylic acids is 2. The van der Waals surface area contributed by atoms with Crippen molar-refractivity contribution < 1.29 is 14.2 Å². The van der Waals surface area contributed by atoms with Gasteiger partial charge in [0.25, 0.3) is 0 Å². The smallest absolute Gasteiger partial charge is 0.242 e. The number of nitrogens with one attached hydrogen (secondary N) is 2. The average Bonchev–Trinajstić information content (AvgIpc) is 3.01. The summed E-state index contributed by atoms with van der Waals surface area (Å²) in [7, 11) is 0.832. The van der Waals surface area contributed by atoms with Gasteiger partial charge in [-0.05, 0) is 79.0 Å². The quantitative estimate of drug-likeness (QED) is 0.388. The maximum Gasteiger partial charge on any atom is 0.242 e. The van der Waals surface area contributed by atoms with Gasteiger partial charge in [-0.15, -0.1) is 0 Å². The minimum Gasteiger partial charge on any atom is -0.347 e. The molecule has 0 aliphatic carbocycles. The normalized spacial score (nSPS) is 14.4. The number of rotatable bonds is 7. The van der Waals surface area contributed by atoms with E-state index in [1.807, 2.05) is 56.3 Å². The van der Waals surface area contributed by atoms with Gasteiger partial charge in [-0.3, -0.25) is 9.59 Å². The molecule has 0 saturated carbocycles. The predicted molar refractivity (Wildman–Crippen MR) is 152 cm³/mol. The van der Waals surface area contributed by atoms with Crippen molar-refractivity contribution in [3.8, 4) is 0 Å². The van der Waals surface area contributed by atoms with Gasteiger partial charge in [0.1, 0.15) is 19.5 Å². The minimum atomic E-state index is -2.51. The summed E-state index contributed by atoms with van der Waals surface area (Å²) in [6.45, 7) is 7.16. The standard InChI is InChI=1S/C26H30BrN6O3P/c1-26(2)17-13-16(11-12-20(17)33(24(26)35)15-22(34)32(3)4)29-25-28-14-18(27)23(31-25)30-19-9-7-8-10-21(19)37(5,6)36/h7-14H,15H2,1-6H3,(H2,28,29,30,31). The van der Waals surface area contributed by atoms with Crippen LogP contribution in [0.1, 0.15) is 19.4 Å². The van der Waals surface area contributed by atoms with Crippen LogP contribution in [-0.2, 0) is 19.6 Å². The third-order valence-electron chi connectivity index (χ3n) is 6.27. The maximum absolute atomic E-state index is 13.1. The van der Waals surface area contributed by atoms with Crippen molar-refractivity contribution in [2.45, 2.75) is 19.3 Å². The average molecular weight is 585 g/mol. The van der Waals surface area contributed by atoms with Crippen LogP contribution in [0.2, 0.25) is 0 Å². The fourth-order valence-electron chi connectivity index (χ4n) is 4.17. The van der Waals surface area contributed by atoms with E-state index in [1.165, 1.54) is 9.80 Å². The van der Waals surface area contributed by atoms with Crippen LogP contribution >= 0.6 is 23.1 Å². The first kappa shape index (κ1) is 26.8. The molecule has 2 aromatic carbocycles. The number of carbonyl (C=O) groups is 2. The molecule has 0 unspecified atom stereocenters. The SMILES string of the molecule is CN(C)C(=O)CN1C(=O)C(C)(C)c2cc(Nc3ncc(Br)c(Nc4ccccc4P(C)(C)=O)n3)ccc21. The lowest BCUT2D eigenvalue weighted by atomic mass is 9.86. The largest absolute Gasteiger partial charge is 0.347 e. The van der Waals surface area contributed by atoms with Crippen LogP contribution in [0.5, 0.6) is 0 Å². The molecule has 2 N–H and O–H groups in total. The molecular formula is C26H30BrN6O3P. The zero-order valence-electron chi connectivity index (χ0n) is 21.7. The van der Waals surface area contributed by atoms with Crippen molar-refractivity contribution in [1.82, 2.24) is 14.9 Å². The summed E-state index contributed by atoms with van der Waals surface area (Å²) in [4.78, 5) is 37.5. The van der Waals surface area contributed by atoms with Crippen molar-refractivity contribution in [2.24, 2.45) is 0 Å². The van der Waals surface area contributed by atoms with E-state index in [2.05, 4.69) is 36.5 Å². The number of para-hydroxylation sites is 1. The molecule has 11 heteroatoms. The number of likely N-dealkylation sites (N-methyl/N-ethyl adjacent to an activating group) is 1. The zero-order chi connectivity index (χ0) is 27.1. The zero-order valence-corrected chi connectivity index (χ0v) is 24.1. The van der Waals surface area contributed by atoms with Gasteiger partial charge < -0.3 is 25.0 Å². The van der Waals surface area contributed by atoms with E-state index >= 15 is 0 Å². The van der Waals surface area contributed by atoms with Crippen LogP contribution in [0.4, 0.5) is 28.8 Å². The summed E-state index contributed by atoms with van der Waals surface area (Å²) >= 11 is 3.49. The number of benzene rings is 2. The van der Waals surface area contributed by atoms with Gasteiger partial charge in [0.05, 0.1) is 15.6 Å². The Morgan fingerprint density at radius 3 is 2.51 bits per heavy atom. The Hall–Kier alpha value is -3.23. The molecule has 0 atom stereocenters. The highest BCUT2D eigenvalue weighted by atomic mass is 79.9. The van der Waals surface area contributed by atoms with E-state index in [0.29, 0.717) is 27.6 Å². The topological polar surface area (TPSA) is 108 Å². The molecule has 0 spiro atoms. The minimum absolute atomic E-state index is 0.0101. The molecule has 2 amide bonds. The van der Waals surface area contributed by atoms with Crippen LogP contribution in [-0.4, -0.2) is 60.7 Å². The van der Waals surface area contributed by atoms with E-state index in [9.17, 15) is 14.2 Å². The van der Waals surface area contributed by atoms with Gasteiger partial charge in [-0.2, -0.15) is 4.98 Å². The lowest BCUT2D eigenvalue weighted by molar-refractivity contribution is -0.130. The molecule has 1 aliphatic rings. The van der Waals surface area contributed by atoms with Gasteiger partial charge in [0.15, 0.2) is 0 Å². The van der Waals surface area contributed by atoms with Crippen molar-refractivity contribution >= 4 is 69.0 Å². The maximum atomic E-state index is 13.1. The Kier molecular flexibility index (Phi) is 7.18. The number of nitrogens with zero attached hydrogens (tertiary/aromatic N) is 4. The lowest BCUT2D eigenvalue weighted by Crippen LogP contribution is -2.42. The molecule has 4 rings (SSSR count). The van der Waals surface area contributed by atoms with E-state index in [-0.39, 0.29) is 18.4 Å². The Labute approximate surface area is 225 Å². The van der Waals surface area contributed by atoms with E-state index in [0.717, 1.165) is 16.6 Å². The van der Waals surface area contributed by atoms with Gasteiger partial charge in [0.2, 0.25) is 17.8 Å². The number of hydrogen-bond donors (Lipinski definition) is 2. The monoisotopic (exact) mass is 584 g/mol. The molecular weight excluding hydrogens is 555 g/mol. The van der Waals surface area contributed by atoms with Crippen LogP contribution in [0.25, 0.3) is 0 Å². The first-order valence-corrected chi connectivity index (χ1v) is 15.1. The van der Waals surface area contributed by atoms with Crippen LogP contribution in [0, 0.1) is 0 Å². The van der Waals surface area contributed by atoms with E-state index in [4.69, 9.17) is 0 Å². The Balaban J connectivity index is 1.62. The first-order valence-electron chi connectivity index (χ1n) is 11.7. The van der Waals surface area contributed by atoms with Crippen molar-refractivity contribution in [2.75, 3.05) is 49.5 Å². The summed E-state index contributed by atoms with van der Waals surface area (Å²) in [5.41, 5.74) is 2.17. The third-order valence-corrected chi connectivity index (χ3v) is 8.40. The summed E-state index contributed by atoms with van der Waals surface area (Å²) < 4.78 is 13.4. The molecule has 37 heavy (non-hydrogen) atoms. The second-order valence-electron chi connectivity index (χ2n) is 10.0. The number of hydrogen-bond acceptors (Lipinski definition) is 7. The molecule has 3 aromatic rings. The van der Waals surface area contributed by atoms with Crippen molar-refractivity contribution in [3.63, 3.8) is 0 Å². The molecule has 1 aromatic heterocycles. The van der Waals surface area contributed by atoms with Crippen LogP contribution in [0.15, 0.2) is 53.1 Å². The molecule has 0 saturated heterocycles. The number of halogens is 1. The predicted octanol–water partition coefficient (Wildman–Crippen LogP) is 4.69. The molecule has 0 radical (unpaired) electrons. The molecule has 0 fully saturated rings. The second-order valence-corrected chi connectivity index (χ2v) is 14.1. The molecule has 0 bridgehead atoms. The summed E-state index contributed by atoms with van der Waals surface area (Å²) in [6, 6.07) is 13.0. The highest BCUT2D eigenvalue weighted by molar-refractivity contribution is 9.10. The molecule has 2 heterocycles. The van der Waals surface area contributed by atoms with E-state index < -0.39 is 12.6 Å². The Morgan fingerprint density at radius 1 is 1.14 bits per heavy atom. The van der Waals surface area contributed by atoms with Crippen molar-refractivity contribution in [3.05, 3.63) is 58.7 Å². The third kappa shape index (κ3) is 5.40. The summed E-state index contributed by atoms with van der Waals surface area (Å²) in [6.07, 6.45) is 1.63. The Bertz CT molecular complexity index is 1440. The van der Waals surface area contributed by atoms with Gasteiger partial charge in [0, 0.05) is 37.0 Å². The van der Waals surface area contributed by atoms with Gasteiger partial charge in [-0.25, -0.2) is 4.98 Å². The fraction of sp³-hybridized carbons (Fsp3) is 0.308. The number of amides is 2. The summed E-state index contributed by atoms with van der Waals surface area (Å²) in [5, 5.41) is 7.22.